The topological polar surface area (TPSA) is 80.3 Å². The summed E-state index contributed by atoms with van der Waals surface area (Å²) < 4.78 is 30.4. The summed E-state index contributed by atoms with van der Waals surface area (Å²) in [6.07, 6.45) is -1.66. The van der Waals surface area contributed by atoms with E-state index >= 15 is 0 Å². The zero-order valence-corrected chi connectivity index (χ0v) is 18.3. The Morgan fingerprint density at radius 1 is 1.07 bits per heavy atom. The first-order chi connectivity index (χ1) is 14.6. The van der Waals surface area contributed by atoms with Gasteiger partial charge in [0.1, 0.15) is 6.61 Å². The van der Waals surface area contributed by atoms with Gasteiger partial charge in [0.2, 0.25) is 14.7 Å². The molecule has 30 heavy (non-hydrogen) atoms. The number of carbonyl (C=O) groups excluding carboxylic acids is 1. The monoisotopic (exact) mass is 451 g/mol. The van der Waals surface area contributed by atoms with E-state index in [1.807, 2.05) is 30.3 Å². The Labute approximate surface area is 182 Å². The second kappa shape index (κ2) is 10.1. The summed E-state index contributed by atoms with van der Waals surface area (Å²) in [6, 6.07) is 16.5. The predicted octanol–water partition coefficient (Wildman–Crippen LogP) is 4.65. The van der Waals surface area contributed by atoms with E-state index < -0.39 is 26.5 Å². The number of rotatable bonds is 9. The van der Waals surface area contributed by atoms with Crippen molar-refractivity contribution in [2.75, 3.05) is 22.5 Å². The molecule has 1 unspecified atom stereocenters. The zero-order valence-electron chi connectivity index (χ0n) is 16.7. The number of nitrogens with zero attached hydrogens (tertiary/aromatic N) is 2. The maximum absolute atomic E-state index is 12.5. The number of alkyl carbamates (subject to hydrolysis) is 1. The van der Waals surface area contributed by atoms with E-state index in [0.29, 0.717) is 11.4 Å². The van der Waals surface area contributed by atoms with Crippen molar-refractivity contribution >= 4 is 37.7 Å². The number of carbonyl (C=O) groups is 1. The van der Waals surface area contributed by atoms with Gasteiger partial charge in [-0.05, 0) is 31.5 Å². The Bertz CT molecular complexity index is 867. The number of amides is 1. The first-order valence-corrected chi connectivity index (χ1v) is 10.6. The number of hydrogen-bond acceptors (Lipinski definition) is 7. The normalized spacial score (nSPS) is 15.9. The third-order valence-corrected chi connectivity index (χ3v) is 5.45. The average molecular weight is 452 g/mol. The molecule has 0 saturated heterocycles. The van der Waals surface area contributed by atoms with Crippen LogP contribution in [0.5, 0.6) is 0 Å². The van der Waals surface area contributed by atoms with Gasteiger partial charge in [0.15, 0.2) is 0 Å². The van der Waals surface area contributed by atoms with Gasteiger partial charge in [0.25, 0.3) is 0 Å². The predicted molar refractivity (Wildman–Crippen MR) is 114 cm³/mol. The highest BCUT2D eigenvalue weighted by atomic mass is 35.5. The van der Waals surface area contributed by atoms with Gasteiger partial charge >= 0.3 is 11.7 Å². The van der Waals surface area contributed by atoms with Crippen LogP contribution in [-0.2, 0) is 25.4 Å². The molecule has 1 amide bonds. The molecular weight excluding hydrogens is 429 g/mol. The lowest BCUT2D eigenvalue weighted by molar-refractivity contribution is -0.172. The number of para-hydroxylation sites is 2. The largest absolute Gasteiger partial charge is 0.445 e. The Kier molecular flexibility index (Phi) is 7.50. The third kappa shape index (κ3) is 4.52. The molecule has 160 valence electrons. The number of fused-ring (bicyclic) bond motifs is 1. The van der Waals surface area contributed by atoms with Crippen LogP contribution < -0.4 is 14.6 Å². The summed E-state index contributed by atoms with van der Waals surface area (Å²) in [7, 11) is -0.446. The molecule has 0 aliphatic carbocycles. The van der Waals surface area contributed by atoms with E-state index in [0.717, 1.165) is 5.56 Å². The Hall–Kier alpha value is -2.38. The highest BCUT2D eigenvalue weighted by Crippen LogP contribution is 2.47. The number of benzene rings is 2. The lowest BCUT2D eigenvalue weighted by atomic mass is 10.2. The fourth-order valence-electron chi connectivity index (χ4n) is 3.17. The third-order valence-electron chi connectivity index (χ3n) is 4.37. The van der Waals surface area contributed by atoms with Crippen molar-refractivity contribution in [3.8, 4) is 0 Å². The second-order valence-electron chi connectivity index (χ2n) is 6.26. The summed E-state index contributed by atoms with van der Waals surface area (Å²) >= 11 is 6.53. The maximum atomic E-state index is 12.5. The molecule has 1 atom stereocenters. The van der Waals surface area contributed by atoms with Crippen LogP contribution in [0.1, 0.15) is 19.4 Å². The molecule has 0 bridgehead atoms. The Morgan fingerprint density at radius 2 is 1.67 bits per heavy atom. The number of hydrogen-bond donors (Lipinski definition) is 1. The van der Waals surface area contributed by atoms with Crippen LogP contribution in [-0.4, -0.2) is 31.2 Å². The smallest absolute Gasteiger partial charge is 0.410 e. The van der Waals surface area contributed by atoms with Gasteiger partial charge in [-0.3, -0.25) is 14.8 Å². The first kappa shape index (κ1) is 22.3. The molecule has 1 aliphatic heterocycles. The van der Waals surface area contributed by atoms with E-state index in [4.69, 9.17) is 26.0 Å². The highest BCUT2D eigenvalue weighted by molar-refractivity contribution is 7.25. The summed E-state index contributed by atoms with van der Waals surface area (Å²) in [5, 5.41) is 2.71. The molecule has 1 N–H and O–H groups in total. The molecule has 1 aliphatic rings. The number of anilines is 2. The van der Waals surface area contributed by atoms with Gasteiger partial charge in [-0.15, -0.1) is 0 Å². The molecule has 0 fully saturated rings. The molecular formula is C20H23ClN3O5P. The summed E-state index contributed by atoms with van der Waals surface area (Å²) in [4.78, 5) is 14.1. The molecule has 2 aromatic rings. The van der Waals surface area contributed by atoms with Crippen LogP contribution in [0.25, 0.3) is 0 Å². The van der Waals surface area contributed by atoms with Crippen LogP contribution >= 0.6 is 20.2 Å². The molecule has 0 saturated carbocycles. The van der Waals surface area contributed by atoms with Gasteiger partial charge in [0.05, 0.1) is 11.4 Å². The fourth-order valence-corrected chi connectivity index (χ4v) is 4.11. The lowest BCUT2D eigenvalue weighted by Gasteiger charge is -2.40. The second-order valence-corrected chi connectivity index (χ2v) is 7.37. The van der Waals surface area contributed by atoms with Crippen molar-refractivity contribution < 1.29 is 23.6 Å². The molecule has 8 nitrogen and oxygen atoms in total. The van der Waals surface area contributed by atoms with Crippen LogP contribution in [0.2, 0.25) is 0 Å². The quantitative estimate of drug-likeness (QED) is 0.337. The number of halogens is 1. The Balaban J connectivity index is 1.87. The standard InChI is InChI=1S/C20H23ClN3O5P/c1-3-28-20(30-26,29-4-2)23-16-12-8-9-13-17(16)24(21)18(23)22-19(25)27-14-15-10-6-5-7-11-15/h5-13,18H,3-4,14H2,1-2H3,(H,22,25). The minimum absolute atomic E-state index is 0.0937. The van der Waals surface area contributed by atoms with Crippen molar-refractivity contribution in [2.24, 2.45) is 0 Å². The van der Waals surface area contributed by atoms with Crippen LogP contribution in [0.3, 0.4) is 0 Å². The van der Waals surface area contributed by atoms with Crippen molar-refractivity contribution in [3.05, 3.63) is 60.2 Å². The van der Waals surface area contributed by atoms with Gasteiger partial charge in [-0.25, -0.2) is 9.21 Å². The molecule has 3 rings (SSSR count). The van der Waals surface area contributed by atoms with E-state index in [-0.39, 0.29) is 19.8 Å². The van der Waals surface area contributed by atoms with Crippen LogP contribution in [0.15, 0.2) is 54.6 Å². The van der Waals surface area contributed by atoms with E-state index in [1.165, 1.54) is 9.32 Å². The average Bonchev–Trinajstić information content (AvgIpc) is 3.05. The maximum Gasteiger partial charge on any atom is 0.410 e. The van der Waals surface area contributed by atoms with E-state index in [9.17, 15) is 9.36 Å². The van der Waals surface area contributed by atoms with E-state index in [2.05, 4.69) is 5.32 Å². The van der Waals surface area contributed by atoms with Crippen molar-refractivity contribution in [3.63, 3.8) is 0 Å². The first-order valence-electron chi connectivity index (χ1n) is 9.49. The minimum Gasteiger partial charge on any atom is -0.445 e. The van der Waals surface area contributed by atoms with Crippen molar-refractivity contribution in [1.29, 1.82) is 0 Å². The zero-order chi connectivity index (χ0) is 21.6. The van der Waals surface area contributed by atoms with Crippen molar-refractivity contribution in [2.45, 2.75) is 32.4 Å². The SMILES string of the molecule is CCOC(OCC)(P=O)N1c2ccccc2N(Cl)C1NC(=O)OCc1ccccc1. The lowest BCUT2D eigenvalue weighted by Crippen LogP contribution is -2.61. The van der Waals surface area contributed by atoms with Gasteiger partial charge in [-0.1, -0.05) is 42.5 Å². The van der Waals surface area contributed by atoms with Crippen LogP contribution in [0, 0.1) is 0 Å². The van der Waals surface area contributed by atoms with Crippen molar-refractivity contribution in [1.82, 2.24) is 5.32 Å². The number of ether oxygens (including phenoxy) is 3. The molecule has 0 radical (unpaired) electrons. The number of nitrogens with one attached hydrogen (secondary N) is 1. The minimum atomic E-state index is -1.68. The summed E-state index contributed by atoms with van der Waals surface area (Å²) in [6.45, 7) is 4.06. The highest BCUT2D eigenvalue weighted by Gasteiger charge is 2.52. The summed E-state index contributed by atoms with van der Waals surface area (Å²) in [5.41, 5.74) is 0.352. The van der Waals surface area contributed by atoms with E-state index in [1.54, 1.807) is 38.1 Å². The van der Waals surface area contributed by atoms with Gasteiger partial charge in [0, 0.05) is 25.0 Å². The summed E-state index contributed by atoms with van der Waals surface area (Å²) in [5.74, 6) is 0. The van der Waals surface area contributed by atoms with Gasteiger partial charge < -0.3 is 14.2 Å². The van der Waals surface area contributed by atoms with Gasteiger partial charge in [-0.2, -0.15) is 0 Å². The molecule has 10 heteroatoms. The molecule has 0 aromatic heterocycles. The molecule has 0 spiro atoms. The molecule has 1 heterocycles. The Morgan fingerprint density at radius 3 is 2.27 bits per heavy atom. The molecule has 2 aromatic carbocycles. The van der Waals surface area contributed by atoms with Crippen LogP contribution in [0.4, 0.5) is 16.2 Å². The fraction of sp³-hybridized carbons (Fsp3) is 0.350.